The van der Waals surface area contributed by atoms with Gasteiger partial charge in [-0.3, -0.25) is 4.90 Å². The average Bonchev–Trinajstić information content (AvgIpc) is 3.10. The van der Waals surface area contributed by atoms with Crippen molar-refractivity contribution in [1.29, 1.82) is 0 Å². The third-order valence-corrected chi connectivity index (χ3v) is 4.59. The molecule has 1 heterocycles. The quantitative estimate of drug-likeness (QED) is 0.533. The Kier molecular flexibility index (Phi) is 4.02. The van der Waals surface area contributed by atoms with Gasteiger partial charge in [0.1, 0.15) is 0 Å². The zero-order chi connectivity index (χ0) is 12.4. The standard InChI is InChI=1S/C15H25NO2/c1-2-8-17-11-13-5-6-14-15(13)18-9-7-16(14)10-12-3-4-12/h2,12-15H,1,3-11H2. The van der Waals surface area contributed by atoms with E-state index in [0.29, 0.717) is 24.7 Å². The van der Waals surface area contributed by atoms with E-state index in [1.54, 1.807) is 0 Å². The Bertz CT molecular complexity index is 290. The van der Waals surface area contributed by atoms with Crippen LogP contribution in [0.4, 0.5) is 0 Å². The molecule has 1 aliphatic heterocycles. The predicted octanol–water partition coefficient (Wildman–Crippen LogP) is 2.08. The van der Waals surface area contributed by atoms with Crippen molar-refractivity contribution in [1.82, 2.24) is 4.90 Å². The lowest BCUT2D eigenvalue weighted by molar-refractivity contribution is -0.0852. The topological polar surface area (TPSA) is 21.7 Å². The Balaban J connectivity index is 1.53. The molecule has 2 aliphatic carbocycles. The van der Waals surface area contributed by atoms with Gasteiger partial charge in [0, 0.05) is 25.0 Å². The summed E-state index contributed by atoms with van der Waals surface area (Å²) in [5.74, 6) is 1.58. The van der Waals surface area contributed by atoms with Crippen molar-refractivity contribution < 1.29 is 9.47 Å². The molecule has 3 atom stereocenters. The van der Waals surface area contributed by atoms with E-state index < -0.39 is 0 Å². The van der Waals surface area contributed by atoms with Crippen LogP contribution in [-0.4, -0.2) is 50.0 Å². The number of hydrogen-bond acceptors (Lipinski definition) is 3. The first-order chi connectivity index (χ1) is 8.88. The molecule has 3 nitrogen and oxygen atoms in total. The molecule has 0 bridgehead atoms. The minimum atomic E-state index is 0.419. The van der Waals surface area contributed by atoms with Crippen LogP contribution in [0.1, 0.15) is 25.7 Å². The van der Waals surface area contributed by atoms with Crippen LogP contribution in [0.15, 0.2) is 12.7 Å². The van der Waals surface area contributed by atoms with Gasteiger partial charge < -0.3 is 9.47 Å². The van der Waals surface area contributed by atoms with E-state index >= 15 is 0 Å². The fraction of sp³-hybridized carbons (Fsp3) is 0.867. The molecule has 3 rings (SSSR count). The Hall–Kier alpha value is -0.380. The highest BCUT2D eigenvalue weighted by Gasteiger charge is 2.43. The lowest BCUT2D eigenvalue weighted by Gasteiger charge is -2.39. The zero-order valence-corrected chi connectivity index (χ0v) is 11.2. The first-order valence-corrected chi connectivity index (χ1v) is 7.43. The monoisotopic (exact) mass is 251 g/mol. The predicted molar refractivity (Wildman–Crippen MR) is 71.6 cm³/mol. The average molecular weight is 251 g/mol. The molecule has 2 saturated carbocycles. The minimum absolute atomic E-state index is 0.419. The SMILES string of the molecule is C=CCOCC1CCC2C1OCCN2CC1CC1. The maximum atomic E-state index is 6.03. The highest BCUT2D eigenvalue weighted by Crippen LogP contribution is 2.38. The van der Waals surface area contributed by atoms with E-state index in [4.69, 9.17) is 9.47 Å². The molecule has 0 amide bonds. The van der Waals surface area contributed by atoms with Crippen LogP contribution in [-0.2, 0) is 9.47 Å². The van der Waals surface area contributed by atoms with Gasteiger partial charge in [0.05, 0.1) is 25.9 Å². The first kappa shape index (κ1) is 12.6. The molecule has 3 unspecified atom stereocenters. The molecular formula is C15H25NO2. The van der Waals surface area contributed by atoms with Gasteiger partial charge in [-0.25, -0.2) is 0 Å². The van der Waals surface area contributed by atoms with Crippen LogP contribution in [0.25, 0.3) is 0 Å². The number of rotatable bonds is 6. The van der Waals surface area contributed by atoms with Crippen molar-refractivity contribution >= 4 is 0 Å². The second kappa shape index (κ2) is 5.72. The number of ether oxygens (including phenoxy) is 2. The molecule has 3 heteroatoms. The maximum Gasteiger partial charge on any atom is 0.0780 e. The second-order valence-corrected chi connectivity index (χ2v) is 6.00. The fourth-order valence-electron chi connectivity index (χ4n) is 3.48. The fourth-order valence-corrected chi connectivity index (χ4v) is 3.48. The lowest BCUT2D eigenvalue weighted by Crippen LogP contribution is -2.51. The number of hydrogen-bond donors (Lipinski definition) is 0. The molecule has 0 aromatic carbocycles. The van der Waals surface area contributed by atoms with Gasteiger partial charge in [0.25, 0.3) is 0 Å². The van der Waals surface area contributed by atoms with Crippen LogP contribution in [0.3, 0.4) is 0 Å². The van der Waals surface area contributed by atoms with E-state index in [9.17, 15) is 0 Å². The molecular weight excluding hydrogens is 226 g/mol. The lowest BCUT2D eigenvalue weighted by atomic mass is 10.0. The summed E-state index contributed by atoms with van der Waals surface area (Å²) in [6, 6.07) is 0.664. The zero-order valence-electron chi connectivity index (χ0n) is 11.2. The van der Waals surface area contributed by atoms with Crippen LogP contribution < -0.4 is 0 Å². The van der Waals surface area contributed by atoms with Crippen molar-refractivity contribution in [3.05, 3.63) is 12.7 Å². The highest BCUT2D eigenvalue weighted by atomic mass is 16.5. The van der Waals surface area contributed by atoms with Crippen LogP contribution in [0.2, 0.25) is 0 Å². The van der Waals surface area contributed by atoms with Gasteiger partial charge in [0.2, 0.25) is 0 Å². The number of morpholine rings is 1. The van der Waals surface area contributed by atoms with Crippen molar-refractivity contribution in [3.8, 4) is 0 Å². The molecule has 0 aromatic heterocycles. The van der Waals surface area contributed by atoms with Gasteiger partial charge >= 0.3 is 0 Å². The first-order valence-electron chi connectivity index (χ1n) is 7.43. The van der Waals surface area contributed by atoms with E-state index in [1.807, 2.05) is 6.08 Å². The molecule has 3 fully saturated rings. The van der Waals surface area contributed by atoms with Crippen molar-refractivity contribution in [2.45, 2.75) is 37.8 Å². The summed E-state index contributed by atoms with van der Waals surface area (Å²) in [5.41, 5.74) is 0. The summed E-state index contributed by atoms with van der Waals surface area (Å²) < 4.78 is 11.7. The number of nitrogens with zero attached hydrogens (tertiary/aromatic N) is 1. The molecule has 102 valence electrons. The second-order valence-electron chi connectivity index (χ2n) is 6.00. The Labute approximate surface area is 110 Å². The summed E-state index contributed by atoms with van der Waals surface area (Å²) in [4.78, 5) is 2.69. The normalized spacial score (nSPS) is 36.6. The highest BCUT2D eigenvalue weighted by molar-refractivity contribution is 4.96. The van der Waals surface area contributed by atoms with Crippen LogP contribution in [0.5, 0.6) is 0 Å². The van der Waals surface area contributed by atoms with E-state index in [2.05, 4.69) is 11.5 Å². The molecule has 1 saturated heterocycles. The van der Waals surface area contributed by atoms with E-state index in [0.717, 1.165) is 25.7 Å². The Morgan fingerprint density at radius 1 is 1.28 bits per heavy atom. The summed E-state index contributed by atoms with van der Waals surface area (Å²) in [7, 11) is 0. The molecule has 0 radical (unpaired) electrons. The van der Waals surface area contributed by atoms with Crippen molar-refractivity contribution in [2.75, 3.05) is 32.9 Å². The smallest absolute Gasteiger partial charge is 0.0780 e. The number of fused-ring (bicyclic) bond motifs is 1. The van der Waals surface area contributed by atoms with Gasteiger partial charge in [0.15, 0.2) is 0 Å². The maximum absolute atomic E-state index is 6.03. The largest absolute Gasteiger partial charge is 0.377 e. The van der Waals surface area contributed by atoms with Crippen LogP contribution in [0, 0.1) is 11.8 Å². The third-order valence-electron chi connectivity index (χ3n) is 4.59. The Morgan fingerprint density at radius 3 is 2.94 bits per heavy atom. The minimum Gasteiger partial charge on any atom is -0.377 e. The van der Waals surface area contributed by atoms with Gasteiger partial charge in [-0.2, -0.15) is 0 Å². The van der Waals surface area contributed by atoms with Gasteiger partial charge in [-0.1, -0.05) is 6.08 Å². The Morgan fingerprint density at radius 2 is 2.17 bits per heavy atom. The summed E-state index contributed by atoms with van der Waals surface area (Å²) in [5, 5.41) is 0. The molecule has 18 heavy (non-hydrogen) atoms. The molecule has 0 spiro atoms. The molecule has 0 N–H and O–H groups in total. The summed E-state index contributed by atoms with van der Waals surface area (Å²) in [6.45, 7) is 8.55. The van der Waals surface area contributed by atoms with Crippen LogP contribution >= 0.6 is 0 Å². The van der Waals surface area contributed by atoms with E-state index in [-0.39, 0.29) is 0 Å². The molecule has 3 aliphatic rings. The van der Waals surface area contributed by atoms with Gasteiger partial charge in [-0.15, -0.1) is 6.58 Å². The van der Waals surface area contributed by atoms with Crippen molar-refractivity contribution in [3.63, 3.8) is 0 Å². The summed E-state index contributed by atoms with van der Waals surface area (Å²) >= 11 is 0. The third kappa shape index (κ3) is 2.79. The summed E-state index contributed by atoms with van der Waals surface area (Å²) in [6.07, 6.45) is 7.68. The van der Waals surface area contributed by atoms with E-state index in [1.165, 1.54) is 32.2 Å². The van der Waals surface area contributed by atoms with Gasteiger partial charge in [-0.05, 0) is 31.6 Å². The molecule has 0 aromatic rings. The van der Waals surface area contributed by atoms with Crippen molar-refractivity contribution in [2.24, 2.45) is 11.8 Å².